The second kappa shape index (κ2) is 5.69. The molecule has 1 atom stereocenters. The largest absolute Gasteiger partial charge is 0.480 e. The molecule has 1 heterocycles. The van der Waals surface area contributed by atoms with Crippen LogP contribution in [-0.4, -0.2) is 53.3 Å². The third kappa shape index (κ3) is 3.69. The molecule has 0 bridgehead atoms. The van der Waals surface area contributed by atoms with Crippen LogP contribution in [0.1, 0.15) is 6.42 Å². The number of carbonyl (C=O) groups is 3. The molecule has 1 unspecified atom stereocenters. The Hall–Kier alpha value is -1.30. The van der Waals surface area contributed by atoms with Crippen molar-refractivity contribution in [1.29, 1.82) is 0 Å². The Bertz CT molecular complexity index is 308. The van der Waals surface area contributed by atoms with Gasteiger partial charge in [-0.05, 0) is 5.92 Å². The summed E-state index contributed by atoms with van der Waals surface area (Å²) in [5.74, 6) is -1.22. The predicted molar refractivity (Wildman–Crippen MR) is 56.1 cm³/mol. The van der Waals surface area contributed by atoms with E-state index in [4.69, 9.17) is 16.7 Å². The van der Waals surface area contributed by atoms with Crippen molar-refractivity contribution in [3.05, 3.63) is 0 Å². The standard InChI is InChI=1S/C9H13ClN2O4/c10-2-6-1-8(14)12(4-6)5-7(13)11-3-9(15)16/h6H,1-5H2,(H,11,13)(H,15,16). The summed E-state index contributed by atoms with van der Waals surface area (Å²) >= 11 is 5.62. The number of likely N-dealkylation sites (tertiary alicyclic amines) is 1. The Balaban J connectivity index is 2.34. The van der Waals surface area contributed by atoms with Gasteiger partial charge in [0.05, 0.1) is 6.54 Å². The molecule has 6 nitrogen and oxygen atoms in total. The third-order valence-electron chi connectivity index (χ3n) is 2.28. The third-order valence-corrected chi connectivity index (χ3v) is 2.72. The van der Waals surface area contributed by atoms with Crippen molar-refractivity contribution in [3.8, 4) is 0 Å². The average Bonchev–Trinajstić information content (AvgIpc) is 2.57. The lowest BCUT2D eigenvalue weighted by Crippen LogP contribution is -2.40. The molecule has 0 radical (unpaired) electrons. The number of carbonyl (C=O) groups excluding carboxylic acids is 2. The van der Waals surface area contributed by atoms with Gasteiger partial charge in [0.25, 0.3) is 0 Å². The van der Waals surface area contributed by atoms with Gasteiger partial charge in [0.1, 0.15) is 6.54 Å². The lowest BCUT2D eigenvalue weighted by Gasteiger charge is -2.15. The molecule has 0 aromatic carbocycles. The van der Waals surface area contributed by atoms with Gasteiger partial charge in [-0.15, -0.1) is 11.6 Å². The molecule has 2 N–H and O–H groups in total. The van der Waals surface area contributed by atoms with E-state index in [1.807, 2.05) is 0 Å². The first-order chi connectivity index (χ1) is 7.52. The molecule has 2 amide bonds. The fourth-order valence-corrected chi connectivity index (χ4v) is 1.72. The number of carboxylic acids is 1. The maximum absolute atomic E-state index is 11.4. The van der Waals surface area contributed by atoms with E-state index in [1.165, 1.54) is 4.90 Å². The zero-order valence-corrected chi connectivity index (χ0v) is 9.37. The van der Waals surface area contributed by atoms with Crippen LogP contribution >= 0.6 is 11.6 Å². The van der Waals surface area contributed by atoms with E-state index >= 15 is 0 Å². The van der Waals surface area contributed by atoms with Crippen LogP contribution in [0, 0.1) is 5.92 Å². The van der Waals surface area contributed by atoms with Gasteiger partial charge in [0.2, 0.25) is 11.8 Å². The summed E-state index contributed by atoms with van der Waals surface area (Å²) in [6.07, 6.45) is 0.357. The highest BCUT2D eigenvalue weighted by Gasteiger charge is 2.29. The van der Waals surface area contributed by atoms with Crippen LogP contribution < -0.4 is 5.32 Å². The van der Waals surface area contributed by atoms with Gasteiger partial charge in [-0.25, -0.2) is 0 Å². The van der Waals surface area contributed by atoms with Crippen molar-refractivity contribution >= 4 is 29.4 Å². The van der Waals surface area contributed by atoms with Crippen molar-refractivity contribution < 1.29 is 19.5 Å². The summed E-state index contributed by atoms with van der Waals surface area (Å²) in [6.45, 7) is -0.0673. The molecule has 16 heavy (non-hydrogen) atoms. The fraction of sp³-hybridized carbons (Fsp3) is 0.667. The van der Waals surface area contributed by atoms with Gasteiger partial charge in [0.15, 0.2) is 0 Å². The molecule has 0 spiro atoms. The Morgan fingerprint density at radius 2 is 2.25 bits per heavy atom. The summed E-state index contributed by atoms with van der Waals surface area (Å²) in [5, 5.41) is 10.5. The molecule has 1 aliphatic heterocycles. The zero-order chi connectivity index (χ0) is 12.1. The number of carboxylic acid groups (broad SMARTS) is 1. The number of nitrogens with one attached hydrogen (secondary N) is 1. The minimum Gasteiger partial charge on any atom is -0.480 e. The van der Waals surface area contributed by atoms with E-state index in [2.05, 4.69) is 5.32 Å². The fourth-order valence-electron chi connectivity index (χ4n) is 1.51. The Morgan fingerprint density at radius 3 is 2.75 bits per heavy atom. The highest BCUT2D eigenvalue weighted by atomic mass is 35.5. The van der Waals surface area contributed by atoms with E-state index in [9.17, 15) is 14.4 Å². The van der Waals surface area contributed by atoms with E-state index in [1.54, 1.807) is 0 Å². The first-order valence-corrected chi connectivity index (χ1v) is 5.38. The highest BCUT2D eigenvalue weighted by Crippen LogP contribution is 2.18. The number of halogens is 1. The van der Waals surface area contributed by atoms with Crippen molar-refractivity contribution in [1.82, 2.24) is 10.2 Å². The maximum Gasteiger partial charge on any atom is 0.322 e. The first kappa shape index (κ1) is 12.8. The molecule has 7 heteroatoms. The Morgan fingerprint density at radius 1 is 1.56 bits per heavy atom. The molecule has 90 valence electrons. The van der Waals surface area contributed by atoms with Crippen molar-refractivity contribution in [2.75, 3.05) is 25.5 Å². The molecule has 0 saturated carbocycles. The number of hydrogen-bond acceptors (Lipinski definition) is 3. The smallest absolute Gasteiger partial charge is 0.322 e. The number of aliphatic carboxylic acids is 1. The summed E-state index contributed by atoms with van der Waals surface area (Å²) in [4.78, 5) is 34.2. The average molecular weight is 249 g/mol. The summed E-state index contributed by atoms with van der Waals surface area (Å²) in [5.41, 5.74) is 0. The van der Waals surface area contributed by atoms with Gasteiger partial charge in [0, 0.05) is 18.8 Å². The van der Waals surface area contributed by atoms with Crippen molar-refractivity contribution in [2.24, 2.45) is 5.92 Å². The Labute approximate surface area is 97.5 Å². The SMILES string of the molecule is O=C(O)CNC(=O)CN1CC(CCl)CC1=O. The van der Waals surface area contributed by atoms with Gasteiger partial charge in [-0.3, -0.25) is 14.4 Å². The monoisotopic (exact) mass is 248 g/mol. The molecule has 1 fully saturated rings. The second-order valence-corrected chi connectivity index (χ2v) is 3.98. The minimum absolute atomic E-state index is 0.0847. The lowest BCUT2D eigenvalue weighted by atomic mass is 10.1. The molecular formula is C9H13ClN2O4. The van der Waals surface area contributed by atoms with Crippen LogP contribution in [0.3, 0.4) is 0 Å². The van der Waals surface area contributed by atoms with E-state index in [0.29, 0.717) is 18.8 Å². The number of nitrogens with zero attached hydrogens (tertiary/aromatic N) is 1. The molecule has 0 aromatic rings. The van der Waals surface area contributed by atoms with Gasteiger partial charge >= 0.3 is 5.97 Å². The maximum atomic E-state index is 11.4. The Kier molecular flexibility index (Phi) is 4.54. The van der Waals surface area contributed by atoms with Crippen LogP contribution in [0.5, 0.6) is 0 Å². The van der Waals surface area contributed by atoms with Crippen LogP contribution in [0.2, 0.25) is 0 Å². The van der Waals surface area contributed by atoms with Gasteiger partial charge in [-0.2, -0.15) is 0 Å². The van der Waals surface area contributed by atoms with Crippen LogP contribution in [0.25, 0.3) is 0 Å². The highest BCUT2D eigenvalue weighted by molar-refractivity contribution is 6.18. The molecule has 0 aliphatic carbocycles. The molecule has 0 aromatic heterocycles. The van der Waals surface area contributed by atoms with Crippen molar-refractivity contribution in [3.63, 3.8) is 0 Å². The van der Waals surface area contributed by atoms with Crippen LogP contribution in [0.4, 0.5) is 0 Å². The van der Waals surface area contributed by atoms with E-state index < -0.39 is 18.4 Å². The lowest BCUT2D eigenvalue weighted by molar-refractivity contribution is -0.138. The predicted octanol–water partition coefficient (Wildman–Crippen LogP) is -0.726. The van der Waals surface area contributed by atoms with E-state index in [-0.39, 0.29) is 18.4 Å². The minimum atomic E-state index is -1.11. The number of hydrogen-bond donors (Lipinski definition) is 2. The molecule has 1 saturated heterocycles. The number of rotatable bonds is 5. The normalized spacial score (nSPS) is 19.9. The van der Waals surface area contributed by atoms with Crippen LogP contribution in [-0.2, 0) is 14.4 Å². The zero-order valence-electron chi connectivity index (χ0n) is 8.61. The molecular weight excluding hydrogens is 236 g/mol. The molecule has 1 rings (SSSR count). The van der Waals surface area contributed by atoms with Gasteiger partial charge in [-0.1, -0.05) is 0 Å². The summed E-state index contributed by atoms with van der Waals surface area (Å²) < 4.78 is 0. The topological polar surface area (TPSA) is 86.7 Å². The van der Waals surface area contributed by atoms with E-state index in [0.717, 1.165) is 0 Å². The van der Waals surface area contributed by atoms with Crippen LogP contribution in [0.15, 0.2) is 0 Å². The second-order valence-electron chi connectivity index (χ2n) is 3.67. The molecule has 1 aliphatic rings. The number of amides is 2. The quantitative estimate of drug-likeness (QED) is 0.629. The van der Waals surface area contributed by atoms with Gasteiger partial charge < -0.3 is 15.3 Å². The summed E-state index contributed by atoms with van der Waals surface area (Å²) in [6, 6.07) is 0. The summed E-state index contributed by atoms with van der Waals surface area (Å²) in [7, 11) is 0. The van der Waals surface area contributed by atoms with Crippen molar-refractivity contribution in [2.45, 2.75) is 6.42 Å². The number of alkyl halides is 1. The first-order valence-electron chi connectivity index (χ1n) is 4.85.